The molecule has 1 heterocycles. The Morgan fingerprint density at radius 3 is 3.16 bits per heavy atom. The molecule has 0 aliphatic carbocycles. The standard InChI is InChI=1S/C15H23NO2S/c1-3-9-16-10-5-7-14(12-16)13-6-4-8-15(11-13)19(2,17)18/h4,6,8,11,14H,3,5,7,9-10,12H2,1-2H3/t14-/m1/s1/i2D3,5D2,7D2,10D2,12D2,14D. The van der Waals surface area contributed by atoms with Gasteiger partial charge in [-0.1, -0.05) is 19.1 Å². The maximum Gasteiger partial charge on any atom is 0.175 e. The Bertz CT molecular complexity index is 959. The van der Waals surface area contributed by atoms with Crippen molar-refractivity contribution in [3.63, 3.8) is 0 Å². The highest BCUT2D eigenvalue weighted by molar-refractivity contribution is 7.90. The molecule has 1 aliphatic rings. The third-order valence-electron chi connectivity index (χ3n) is 2.51. The van der Waals surface area contributed by atoms with Gasteiger partial charge in [-0.25, -0.2) is 8.42 Å². The molecule has 1 saturated heterocycles. The number of hydrogen-bond donors (Lipinski definition) is 0. The predicted octanol–water partition coefficient (Wildman–Crippen LogP) is 2.68. The van der Waals surface area contributed by atoms with Crippen LogP contribution < -0.4 is 0 Å². The van der Waals surface area contributed by atoms with Gasteiger partial charge in [0.25, 0.3) is 0 Å². The fourth-order valence-electron chi connectivity index (χ4n) is 1.64. The highest BCUT2D eigenvalue weighted by Crippen LogP contribution is 2.28. The van der Waals surface area contributed by atoms with E-state index in [0.29, 0.717) is 11.0 Å². The largest absolute Gasteiger partial charge is 0.303 e. The molecule has 3 nitrogen and oxygen atoms in total. The monoisotopic (exact) mass is 293 g/mol. The molecule has 4 heteroatoms. The smallest absolute Gasteiger partial charge is 0.175 e. The van der Waals surface area contributed by atoms with Gasteiger partial charge in [-0.05, 0) is 55.8 Å². The summed E-state index contributed by atoms with van der Waals surface area (Å²) in [6, 6.07) is 3.56. The Morgan fingerprint density at radius 1 is 1.58 bits per heavy atom. The lowest BCUT2D eigenvalue weighted by Crippen LogP contribution is -2.34. The van der Waals surface area contributed by atoms with Crippen molar-refractivity contribution in [3.05, 3.63) is 29.8 Å². The first-order chi connectivity index (χ1) is 13.7. The number of hydrogen-bond acceptors (Lipinski definition) is 3. The van der Waals surface area contributed by atoms with E-state index in [9.17, 15) is 8.42 Å². The fraction of sp³-hybridized carbons (Fsp3) is 0.600. The number of sulfone groups is 1. The number of rotatable bonds is 4. The SMILES string of the molecule is [2H]C1([2H])N(CCC)C([2H])([2H])[C@]([2H])(c2cccc(S(=O)(=O)C([2H])([2H])[2H])c2)C([2H])([2H])C1([2H])[2H]. The average Bonchev–Trinajstić information content (AvgIpc) is 2.62. The summed E-state index contributed by atoms with van der Waals surface area (Å²) in [6.07, 6.45) is -10.2. The third kappa shape index (κ3) is 3.80. The average molecular weight is 293 g/mol. The van der Waals surface area contributed by atoms with E-state index in [1.54, 1.807) is 6.92 Å². The molecule has 1 aromatic rings. The van der Waals surface area contributed by atoms with Gasteiger partial charge in [0, 0.05) is 29.1 Å². The van der Waals surface area contributed by atoms with Crippen LogP contribution in [-0.2, 0) is 9.84 Å². The van der Waals surface area contributed by atoms with Gasteiger partial charge in [-0.2, -0.15) is 0 Å². The molecular weight excluding hydrogens is 258 g/mol. The summed E-state index contributed by atoms with van der Waals surface area (Å²) in [5.41, 5.74) is -0.631. The molecule has 1 aliphatic heterocycles. The van der Waals surface area contributed by atoms with Gasteiger partial charge < -0.3 is 4.90 Å². The van der Waals surface area contributed by atoms with Crippen molar-refractivity contribution in [2.75, 3.05) is 25.7 Å². The second-order valence-corrected chi connectivity index (χ2v) is 5.51. The van der Waals surface area contributed by atoms with E-state index in [0.717, 1.165) is 18.2 Å². The fourth-order valence-corrected chi connectivity index (χ4v) is 2.18. The minimum atomic E-state index is -4.92. The van der Waals surface area contributed by atoms with Crippen molar-refractivity contribution in [2.24, 2.45) is 0 Å². The molecule has 106 valence electrons. The molecule has 1 aromatic carbocycles. The lowest BCUT2D eigenvalue weighted by molar-refractivity contribution is 0.208. The van der Waals surface area contributed by atoms with Crippen molar-refractivity contribution in [1.82, 2.24) is 4.90 Å². The third-order valence-corrected chi connectivity index (χ3v) is 3.38. The van der Waals surface area contributed by atoms with Gasteiger partial charge in [-0.15, -0.1) is 0 Å². The summed E-state index contributed by atoms with van der Waals surface area (Å²) in [4.78, 5) is -0.376. The van der Waals surface area contributed by atoms with E-state index in [1.807, 2.05) is 0 Å². The van der Waals surface area contributed by atoms with Gasteiger partial charge in [0.1, 0.15) is 0 Å². The molecule has 0 radical (unpaired) electrons. The summed E-state index contributed by atoms with van der Waals surface area (Å²) in [6.45, 7) is -5.09. The lowest BCUT2D eigenvalue weighted by Gasteiger charge is -2.32. The zero-order valence-electron chi connectivity index (χ0n) is 22.4. The van der Waals surface area contributed by atoms with Gasteiger partial charge in [0.05, 0.1) is 4.90 Å². The first kappa shape index (κ1) is 5.49. The first-order valence-corrected chi connectivity index (χ1v) is 7.27. The van der Waals surface area contributed by atoms with E-state index >= 15 is 0 Å². The Kier molecular flexibility index (Phi) is 1.75. The van der Waals surface area contributed by atoms with Gasteiger partial charge >= 0.3 is 0 Å². The van der Waals surface area contributed by atoms with Crippen molar-refractivity contribution in [1.29, 1.82) is 0 Å². The van der Waals surface area contributed by atoms with Crippen LogP contribution in [0, 0.1) is 0 Å². The maximum absolute atomic E-state index is 12.4. The topological polar surface area (TPSA) is 37.4 Å². The molecule has 0 N–H and O–H groups in total. The molecule has 1 atom stereocenters. The van der Waals surface area contributed by atoms with Gasteiger partial charge in [0.2, 0.25) is 0 Å². The Balaban J connectivity index is 2.90. The highest BCUT2D eigenvalue weighted by atomic mass is 32.2. The summed E-state index contributed by atoms with van der Waals surface area (Å²) < 4.78 is 122. The highest BCUT2D eigenvalue weighted by Gasteiger charge is 2.21. The Hall–Kier alpha value is -0.870. The quantitative estimate of drug-likeness (QED) is 0.856. The predicted molar refractivity (Wildman–Crippen MR) is 78.3 cm³/mol. The van der Waals surface area contributed by atoms with Crippen molar-refractivity contribution < 1.29 is 24.9 Å². The van der Waals surface area contributed by atoms with Crippen molar-refractivity contribution >= 4 is 9.84 Å². The van der Waals surface area contributed by atoms with Crippen LogP contribution in [0.1, 0.15) is 54.0 Å². The van der Waals surface area contributed by atoms with Crippen LogP contribution in [0.2, 0.25) is 0 Å². The van der Waals surface area contributed by atoms with Gasteiger partial charge in [-0.3, -0.25) is 0 Å². The van der Waals surface area contributed by atoms with E-state index in [1.165, 1.54) is 0 Å². The summed E-state index contributed by atoms with van der Waals surface area (Å²) in [5.74, 6) is -3.16. The zero-order chi connectivity index (χ0) is 24.5. The number of benzene rings is 1. The van der Waals surface area contributed by atoms with Crippen LogP contribution in [-0.4, -0.2) is 39.0 Å². The normalized spacial score (nSPS) is 45.9. The number of likely N-dealkylation sites (tertiary alicyclic amines) is 1. The zero-order valence-corrected chi connectivity index (χ0v) is 11.2. The van der Waals surface area contributed by atoms with Crippen LogP contribution in [0.15, 0.2) is 29.2 Å². The van der Waals surface area contributed by atoms with Crippen LogP contribution in [0.4, 0.5) is 0 Å². The van der Waals surface area contributed by atoms with Gasteiger partial charge in [0.15, 0.2) is 9.84 Å². The van der Waals surface area contributed by atoms with E-state index in [4.69, 9.17) is 16.4 Å². The minimum Gasteiger partial charge on any atom is -0.303 e. The second kappa shape index (κ2) is 6.06. The molecule has 0 spiro atoms. The van der Waals surface area contributed by atoms with E-state index < -0.39 is 58.1 Å². The summed E-state index contributed by atoms with van der Waals surface area (Å²) in [7, 11) is -4.92. The van der Waals surface area contributed by atoms with Crippen LogP contribution in [0.3, 0.4) is 0 Å². The van der Waals surface area contributed by atoms with Crippen LogP contribution >= 0.6 is 0 Å². The Labute approximate surface area is 133 Å². The molecule has 19 heavy (non-hydrogen) atoms. The minimum absolute atomic E-state index is 0.154. The molecule has 0 saturated carbocycles. The van der Waals surface area contributed by atoms with Crippen molar-refractivity contribution in [3.8, 4) is 0 Å². The molecular formula is C15H23NO2S. The first-order valence-electron chi connectivity index (χ1n) is 11.8. The summed E-state index contributed by atoms with van der Waals surface area (Å²) in [5, 5.41) is 0. The van der Waals surface area contributed by atoms with Crippen LogP contribution in [0.5, 0.6) is 0 Å². The van der Waals surface area contributed by atoms with Crippen LogP contribution in [0.25, 0.3) is 0 Å². The number of nitrogens with zero attached hydrogens (tertiary/aromatic N) is 1. The molecule has 0 bridgehead atoms. The Morgan fingerprint density at radius 2 is 2.42 bits per heavy atom. The van der Waals surface area contributed by atoms with Crippen molar-refractivity contribution in [2.45, 2.75) is 36.9 Å². The maximum atomic E-state index is 12.4. The molecule has 0 aromatic heterocycles. The summed E-state index contributed by atoms with van der Waals surface area (Å²) >= 11 is 0. The lowest BCUT2D eigenvalue weighted by atomic mass is 9.90. The molecule has 0 amide bonds. The number of piperidine rings is 1. The second-order valence-electron chi connectivity index (χ2n) is 4.03. The molecule has 1 fully saturated rings. The van der Waals surface area contributed by atoms with E-state index in [-0.39, 0.29) is 13.0 Å². The molecule has 0 unspecified atom stereocenters. The molecule has 2 rings (SSSR count). The van der Waals surface area contributed by atoms with E-state index in [2.05, 4.69) is 0 Å².